The lowest BCUT2D eigenvalue weighted by Crippen LogP contribution is -2.19. The van der Waals surface area contributed by atoms with Gasteiger partial charge in [0, 0.05) is 45.8 Å². The minimum atomic E-state index is 0.166. The number of ether oxygens (including phenoxy) is 1. The molecule has 0 saturated carbocycles. The van der Waals surface area contributed by atoms with Crippen LogP contribution >= 0.6 is 0 Å². The van der Waals surface area contributed by atoms with Crippen molar-refractivity contribution in [2.24, 2.45) is 0 Å². The fourth-order valence-corrected chi connectivity index (χ4v) is 4.51. The Morgan fingerprint density at radius 1 is 1.03 bits per heavy atom. The molecule has 0 fully saturated rings. The van der Waals surface area contributed by atoms with Crippen LogP contribution in [0.4, 0.5) is 0 Å². The van der Waals surface area contributed by atoms with Crippen LogP contribution in [-0.2, 0) is 6.54 Å². The molecule has 0 bridgehead atoms. The number of hydrogen-bond acceptors (Lipinski definition) is 3. The number of fused-ring (bicyclic) bond motifs is 2. The van der Waals surface area contributed by atoms with Crippen molar-refractivity contribution in [1.29, 1.82) is 0 Å². The zero-order valence-corrected chi connectivity index (χ0v) is 18.9. The van der Waals surface area contributed by atoms with Gasteiger partial charge in [-0.15, -0.1) is 0 Å². The van der Waals surface area contributed by atoms with E-state index in [1.165, 1.54) is 33.0 Å². The van der Waals surface area contributed by atoms with Crippen molar-refractivity contribution < 1.29 is 4.74 Å². The molecule has 3 aromatic carbocycles. The maximum Gasteiger partial charge on any atom is 0.119 e. The molecule has 5 aromatic rings. The number of aryl methyl sites for hydroxylation is 1. The van der Waals surface area contributed by atoms with E-state index in [-0.39, 0.29) is 6.04 Å². The molecular weight excluding hydrogens is 396 g/mol. The normalized spacial score (nSPS) is 12.5. The second-order valence-electron chi connectivity index (χ2n) is 8.34. The summed E-state index contributed by atoms with van der Waals surface area (Å²) >= 11 is 0. The van der Waals surface area contributed by atoms with E-state index < -0.39 is 0 Å². The standard InChI is InChI=1S/C27H28N4O/c1-17-23-14-21(32-4)12-13-25(23)30-26(17)16-28-18(2)24-15-29-31(19(24)3)27-11-7-9-20-8-5-6-10-22(20)27/h5-15,18,28,30H,16H2,1-4H3. The van der Waals surface area contributed by atoms with Crippen LogP contribution in [0.15, 0.2) is 66.9 Å². The summed E-state index contributed by atoms with van der Waals surface area (Å²) < 4.78 is 7.43. The van der Waals surface area contributed by atoms with E-state index in [0.717, 1.165) is 29.2 Å². The molecule has 1 atom stereocenters. The van der Waals surface area contributed by atoms with Crippen molar-refractivity contribution in [1.82, 2.24) is 20.1 Å². The first-order chi connectivity index (χ1) is 15.6. The van der Waals surface area contributed by atoms with E-state index in [1.54, 1.807) is 7.11 Å². The van der Waals surface area contributed by atoms with Crippen LogP contribution in [-0.4, -0.2) is 21.9 Å². The van der Waals surface area contributed by atoms with Gasteiger partial charge in [0.15, 0.2) is 0 Å². The number of benzene rings is 3. The monoisotopic (exact) mass is 424 g/mol. The molecule has 2 aromatic heterocycles. The van der Waals surface area contributed by atoms with E-state index in [9.17, 15) is 0 Å². The second-order valence-corrected chi connectivity index (χ2v) is 8.34. The molecule has 2 heterocycles. The molecule has 0 radical (unpaired) electrons. The average molecular weight is 425 g/mol. The Hall–Kier alpha value is -3.57. The summed E-state index contributed by atoms with van der Waals surface area (Å²) in [6.45, 7) is 7.24. The number of nitrogens with zero attached hydrogens (tertiary/aromatic N) is 2. The lowest BCUT2D eigenvalue weighted by molar-refractivity contribution is 0.415. The highest BCUT2D eigenvalue weighted by atomic mass is 16.5. The summed E-state index contributed by atoms with van der Waals surface area (Å²) in [5.41, 5.74) is 7.04. The molecule has 5 rings (SSSR count). The Kier molecular flexibility index (Phi) is 5.19. The van der Waals surface area contributed by atoms with Crippen molar-refractivity contribution in [2.75, 3.05) is 7.11 Å². The fraction of sp³-hybridized carbons (Fsp3) is 0.222. The molecule has 0 aliphatic carbocycles. The van der Waals surface area contributed by atoms with Crippen molar-refractivity contribution in [3.63, 3.8) is 0 Å². The third-order valence-corrected chi connectivity index (χ3v) is 6.46. The third kappa shape index (κ3) is 3.45. The Bertz CT molecular complexity index is 1410. The van der Waals surface area contributed by atoms with Gasteiger partial charge in [-0.25, -0.2) is 4.68 Å². The second kappa shape index (κ2) is 8.17. The predicted molar refractivity (Wildman–Crippen MR) is 131 cm³/mol. The van der Waals surface area contributed by atoms with Crippen LogP contribution in [0.25, 0.3) is 27.4 Å². The minimum Gasteiger partial charge on any atom is -0.497 e. The third-order valence-electron chi connectivity index (χ3n) is 6.46. The van der Waals surface area contributed by atoms with Crippen LogP contribution in [0.1, 0.15) is 35.5 Å². The number of methoxy groups -OCH3 is 1. The van der Waals surface area contributed by atoms with Gasteiger partial charge in [-0.2, -0.15) is 5.10 Å². The van der Waals surface area contributed by atoms with Gasteiger partial charge in [0.05, 0.1) is 19.0 Å². The first kappa shape index (κ1) is 20.3. The number of aromatic nitrogens is 3. The predicted octanol–water partition coefficient (Wildman–Crippen LogP) is 5.98. The zero-order chi connectivity index (χ0) is 22.2. The number of nitrogens with one attached hydrogen (secondary N) is 2. The highest BCUT2D eigenvalue weighted by Gasteiger charge is 2.16. The summed E-state index contributed by atoms with van der Waals surface area (Å²) in [6.07, 6.45) is 1.98. The number of rotatable bonds is 6. The SMILES string of the molecule is COc1ccc2[nH]c(CNC(C)c3cnn(-c4cccc5ccccc45)c3C)c(C)c2c1. The Morgan fingerprint density at radius 2 is 1.84 bits per heavy atom. The lowest BCUT2D eigenvalue weighted by Gasteiger charge is -2.15. The molecule has 162 valence electrons. The largest absolute Gasteiger partial charge is 0.497 e. The molecular formula is C27H28N4O. The maximum atomic E-state index is 5.38. The van der Waals surface area contributed by atoms with Gasteiger partial charge in [0.2, 0.25) is 0 Å². The minimum absolute atomic E-state index is 0.166. The zero-order valence-electron chi connectivity index (χ0n) is 18.9. The summed E-state index contributed by atoms with van der Waals surface area (Å²) in [7, 11) is 1.70. The van der Waals surface area contributed by atoms with E-state index in [0.29, 0.717) is 0 Å². The van der Waals surface area contributed by atoms with Crippen LogP contribution in [0, 0.1) is 13.8 Å². The van der Waals surface area contributed by atoms with Crippen LogP contribution in [0.2, 0.25) is 0 Å². The van der Waals surface area contributed by atoms with E-state index in [1.807, 2.05) is 12.3 Å². The Balaban J connectivity index is 1.39. The molecule has 2 N–H and O–H groups in total. The molecule has 0 saturated heterocycles. The van der Waals surface area contributed by atoms with Gasteiger partial charge >= 0.3 is 0 Å². The van der Waals surface area contributed by atoms with Crippen LogP contribution in [0.3, 0.4) is 0 Å². The topological polar surface area (TPSA) is 54.9 Å². The molecule has 32 heavy (non-hydrogen) atoms. The van der Waals surface area contributed by atoms with E-state index in [2.05, 4.69) is 90.4 Å². The van der Waals surface area contributed by atoms with Crippen molar-refractivity contribution >= 4 is 21.7 Å². The van der Waals surface area contributed by atoms with Crippen molar-refractivity contribution in [3.05, 3.63) is 89.4 Å². The van der Waals surface area contributed by atoms with Crippen LogP contribution < -0.4 is 10.1 Å². The summed E-state index contributed by atoms with van der Waals surface area (Å²) in [5.74, 6) is 0.879. The first-order valence-corrected chi connectivity index (χ1v) is 11.0. The quantitative estimate of drug-likeness (QED) is 0.352. The van der Waals surface area contributed by atoms with E-state index in [4.69, 9.17) is 9.84 Å². The Morgan fingerprint density at radius 3 is 2.69 bits per heavy atom. The molecule has 0 aliphatic rings. The van der Waals surface area contributed by atoms with Gasteiger partial charge in [-0.3, -0.25) is 0 Å². The summed E-state index contributed by atoms with van der Waals surface area (Å²) in [5, 5.41) is 12.0. The first-order valence-electron chi connectivity index (χ1n) is 11.0. The number of hydrogen-bond donors (Lipinski definition) is 2. The van der Waals surface area contributed by atoms with Crippen LogP contribution in [0.5, 0.6) is 5.75 Å². The highest BCUT2D eigenvalue weighted by molar-refractivity contribution is 5.90. The van der Waals surface area contributed by atoms with Gasteiger partial charge in [-0.05, 0) is 56.0 Å². The van der Waals surface area contributed by atoms with Gasteiger partial charge < -0.3 is 15.0 Å². The molecule has 5 heteroatoms. The molecule has 0 spiro atoms. The highest BCUT2D eigenvalue weighted by Crippen LogP contribution is 2.28. The molecule has 0 amide bonds. The smallest absolute Gasteiger partial charge is 0.119 e. The Labute approximate surface area is 188 Å². The van der Waals surface area contributed by atoms with Gasteiger partial charge in [-0.1, -0.05) is 36.4 Å². The van der Waals surface area contributed by atoms with Crippen molar-refractivity contribution in [2.45, 2.75) is 33.4 Å². The average Bonchev–Trinajstić information content (AvgIpc) is 3.36. The molecule has 5 nitrogen and oxygen atoms in total. The summed E-state index contributed by atoms with van der Waals surface area (Å²) in [6, 6.07) is 21.1. The van der Waals surface area contributed by atoms with E-state index >= 15 is 0 Å². The van der Waals surface area contributed by atoms with Gasteiger partial charge in [0.1, 0.15) is 5.75 Å². The summed E-state index contributed by atoms with van der Waals surface area (Å²) in [4.78, 5) is 3.55. The lowest BCUT2D eigenvalue weighted by atomic mass is 10.1. The number of aromatic amines is 1. The number of H-pyrrole nitrogens is 1. The molecule has 0 aliphatic heterocycles. The maximum absolute atomic E-state index is 5.38. The van der Waals surface area contributed by atoms with Gasteiger partial charge in [0.25, 0.3) is 0 Å². The van der Waals surface area contributed by atoms with Crippen molar-refractivity contribution in [3.8, 4) is 11.4 Å². The fourth-order valence-electron chi connectivity index (χ4n) is 4.51. The molecule has 1 unspecified atom stereocenters.